The molecule has 0 aliphatic rings. The van der Waals surface area contributed by atoms with E-state index >= 15 is 0 Å². The summed E-state index contributed by atoms with van der Waals surface area (Å²) < 4.78 is 10.2. The van der Waals surface area contributed by atoms with Gasteiger partial charge in [-0.05, 0) is 89.0 Å². The van der Waals surface area contributed by atoms with E-state index in [1.165, 1.54) is 31.3 Å². The average molecular weight is 727 g/mol. The van der Waals surface area contributed by atoms with Crippen LogP contribution in [0.25, 0.3) is 85.2 Å². The summed E-state index contributed by atoms with van der Waals surface area (Å²) in [7, 11) is 0. The van der Waals surface area contributed by atoms with E-state index in [0.29, 0.717) is 0 Å². The second-order valence-electron chi connectivity index (χ2n) is 13.6. The van der Waals surface area contributed by atoms with Crippen LogP contribution >= 0.6 is 22.7 Å². The number of hydrogen-bond donors (Lipinski definition) is 0. The molecule has 0 radical (unpaired) electrons. The molecular formula is C49H30N2OS2. The molecule has 3 heterocycles. The summed E-state index contributed by atoms with van der Waals surface area (Å²) in [5, 5.41) is 5.78. The van der Waals surface area contributed by atoms with Gasteiger partial charge in [0.15, 0.2) is 0 Å². The molecule has 0 saturated carbocycles. The number of fused-ring (bicyclic) bond motifs is 8. The van der Waals surface area contributed by atoms with Crippen LogP contribution in [0, 0.1) is 0 Å². The second-order valence-corrected chi connectivity index (χ2v) is 15.7. The molecule has 0 bridgehead atoms. The van der Waals surface area contributed by atoms with E-state index in [9.17, 15) is 0 Å². The van der Waals surface area contributed by atoms with Crippen LogP contribution in [0.1, 0.15) is 0 Å². The van der Waals surface area contributed by atoms with E-state index in [0.717, 1.165) is 70.9 Å². The third-order valence-electron chi connectivity index (χ3n) is 10.3. The summed E-state index contributed by atoms with van der Waals surface area (Å²) in [4.78, 5) is 7.46. The highest BCUT2D eigenvalue weighted by atomic mass is 32.1. The van der Waals surface area contributed by atoms with Crippen molar-refractivity contribution in [3.8, 4) is 32.8 Å². The van der Waals surface area contributed by atoms with Gasteiger partial charge in [-0.25, -0.2) is 4.98 Å². The fraction of sp³-hybridized carbons (Fsp3) is 0. The molecule has 0 spiro atoms. The number of anilines is 3. The molecule has 0 aliphatic heterocycles. The Bertz CT molecular complexity index is 3160. The molecule has 11 aromatic rings. The van der Waals surface area contributed by atoms with Crippen molar-refractivity contribution in [2.45, 2.75) is 0 Å². The van der Waals surface area contributed by atoms with Crippen LogP contribution in [0.4, 0.5) is 17.1 Å². The van der Waals surface area contributed by atoms with Crippen molar-refractivity contribution in [2.24, 2.45) is 0 Å². The maximum absolute atomic E-state index is 6.48. The van der Waals surface area contributed by atoms with Crippen LogP contribution < -0.4 is 4.90 Å². The highest BCUT2D eigenvalue weighted by Gasteiger charge is 2.18. The molecule has 3 nitrogen and oxygen atoms in total. The van der Waals surface area contributed by atoms with Crippen molar-refractivity contribution in [1.82, 2.24) is 4.98 Å². The van der Waals surface area contributed by atoms with E-state index in [1.54, 1.807) is 11.3 Å². The number of thiophene rings is 1. The third-order valence-corrected chi connectivity index (χ3v) is 12.5. The van der Waals surface area contributed by atoms with Crippen molar-refractivity contribution in [2.75, 3.05) is 4.90 Å². The first-order valence-electron chi connectivity index (χ1n) is 18.0. The van der Waals surface area contributed by atoms with E-state index in [1.807, 2.05) is 17.4 Å². The van der Waals surface area contributed by atoms with Gasteiger partial charge in [-0.2, -0.15) is 0 Å². The zero-order valence-electron chi connectivity index (χ0n) is 28.9. The molecule has 5 heteroatoms. The predicted octanol–water partition coefficient (Wildman–Crippen LogP) is 15.0. The normalized spacial score (nSPS) is 11.7. The van der Waals surface area contributed by atoms with Crippen molar-refractivity contribution in [3.05, 3.63) is 182 Å². The maximum atomic E-state index is 6.48. The smallest absolute Gasteiger partial charge is 0.137 e. The Hall–Kier alpha value is -6.53. The summed E-state index contributed by atoms with van der Waals surface area (Å²) in [6.45, 7) is 0. The van der Waals surface area contributed by atoms with E-state index in [-0.39, 0.29) is 0 Å². The molecule has 8 aromatic carbocycles. The minimum atomic E-state index is 0.860. The lowest BCUT2D eigenvalue weighted by atomic mass is 10.0. The molecule has 0 amide bonds. The fourth-order valence-corrected chi connectivity index (χ4v) is 9.81. The molecule has 0 atom stereocenters. The number of thiazole rings is 1. The summed E-state index contributed by atoms with van der Waals surface area (Å²) in [6.07, 6.45) is 0. The van der Waals surface area contributed by atoms with Crippen LogP contribution in [-0.2, 0) is 0 Å². The van der Waals surface area contributed by atoms with E-state index in [4.69, 9.17) is 9.40 Å². The summed E-state index contributed by atoms with van der Waals surface area (Å²) in [6, 6.07) is 65.0. The Morgan fingerprint density at radius 3 is 1.89 bits per heavy atom. The first kappa shape index (κ1) is 31.0. The van der Waals surface area contributed by atoms with E-state index < -0.39 is 0 Å². The molecule has 0 N–H and O–H groups in total. The van der Waals surface area contributed by atoms with Crippen LogP contribution in [0.5, 0.6) is 0 Å². The van der Waals surface area contributed by atoms with Gasteiger partial charge in [-0.1, -0.05) is 115 Å². The topological polar surface area (TPSA) is 29.3 Å². The Balaban J connectivity index is 0.993. The van der Waals surface area contributed by atoms with Gasteiger partial charge < -0.3 is 9.32 Å². The average Bonchev–Trinajstić information content (AvgIpc) is 3.95. The summed E-state index contributed by atoms with van der Waals surface area (Å²) >= 11 is 3.57. The number of rotatable bonds is 6. The van der Waals surface area contributed by atoms with Gasteiger partial charge in [0.25, 0.3) is 0 Å². The van der Waals surface area contributed by atoms with Gasteiger partial charge in [0.05, 0.1) is 15.6 Å². The van der Waals surface area contributed by atoms with Gasteiger partial charge in [0.1, 0.15) is 16.2 Å². The molecule has 0 unspecified atom stereocenters. The second kappa shape index (κ2) is 12.6. The van der Waals surface area contributed by atoms with Crippen molar-refractivity contribution < 1.29 is 4.42 Å². The minimum Gasteiger partial charge on any atom is -0.456 e. The van der Waals surface area contributed by atoms with E-state index in [2.05, 4.69) is 181 Å². The first-order valence-corrected chi connectivity index (χ1v) is 19.7. The number of nitrogens with zero attached hydrogens (tertiary/aromatic N) is 2. The van der Waals surface area contributed by atoms with Gasteiger partial charge >= 0.3 is 0 Å². The molecular weight excluding hydrogens is 697 g/mol. The van der Waals surface area contributed by atoms with Crippen LogP contribution in [0.2, 0.25) is 0 Å². The number of aromatic nitrogens is 1. The number of hydrogen-bond acceptors (Lipinski definition) is 5. The van der Waals surface area contributed by atoms with Gasteiger partial charge in [0, 0.05) is 48.2 Å². The maximum Gasteiger partial charge on any atom is 0.137 e. The lowest BCUT2D eigenvalue weighted by Gasteiger charge is -2.26. The monoisotopic (exact) mass is 726 g/mol. The van der Waals surface area contributed by atoms with Gasteiger partial charge in [0.2, 0.25) is 0 Å². The summed E-state index contributed by atoms with van der Waals surface area (Å²) in [5.41, 5.74) is 11.8. The Morgan fingerprint density at radius 1 is 0.389 bits per heavy atom. The minimum absolute atomic E-state index is 0.860. The number of furan rings is 1. The highest BCUT2D eigenvalue weighted by Crippen LogP contribution is 2.43. The molecule has 254 valence electrons. The van der Waals surface area contributed by atoms with Crippen molar-refractivity contribution >= 4 is 92.1 Å². The molecule has 54 heavy (non-hydrogen) atoms. The number of benzene rings is 8. The zero-order valence-corrected chi connectivity index (χ0v) is 30.6. The van der Waals surface area contributed by atoms with Crippen LogP contribution in [-0.4, -0.2) is 4.98 Å². The Kier molecular flexibility index (Phi) is 7.22. The summed E-state index contributed by atoms with van der Waals surface area (Å²) in [5.74, 6) is 0. The molecule has 0 saturated heterocycles. The predicted molar refractivity (Wildman–Crippen MR) is 231 cm³/mol. The Labute approximate surface area is 319 Å². The van der Waals surface area contributed by atoms with Gasteiger partial charge in [-0.15, -0.1) is 22.7 Å². The fourth-order valence-electron chi connectivity index (χ4n) is 7.70. The third kappa shape index (κ3) is 5.20. The van der Waals surface area contributed by atoms with Gasteiger partial charge in [-0.3, -0.25) is 0 Å². The van der Waals surface area contributed by atoms with Crippen molar-refractivity contribution in [1.29, 1.82) is 0 Å². The zero-order chi connectivity index (χ0) is 35.6. The molecule has 0 fully saturated rings. The standard InChI is InChI=1S/C49H30N2OS2/c1-3-10-31(11-4-1)34-14-9-15-37(28-34)51(38-23-25-40-39-16-7-8-17-44(39)53-46(40)30-38)36-21-18-32(19-22-36)35-20-24-41-43(29-35)52-42-26-27-45-48(47(41)42)50-49(54-45)33-12-5-2-6-13-33/h1-30H. The molecule has 11 rings (SSSR count). The first-order chi connectivity index (χ1) is 26.7. The molecule has 3 aromatic heterocycles. The molecule has 0 aliphatic carbocycles. The van der Waals surface area contributed by atoms with Crippen LogP contribution in [0.15, 0.2) is 186 Å². The Morgan fingerprint density at radius 2 is 1.04 bits per heavy atom. The lowest BCUT2D eigenvalue weighted by molar-refractivity contribution is 0.669. The SMILES string of the molecule is c1ccc(-c2cccc(N(c3ccc(-c4ccc5c(c4)oc4ccc6sc(-c7ccccc7)nc6c45)cc3)c3ccc4c(c3)sc3ccccc34)c2)cc1. The lowest BCUT2D eigenvalue weighted by Crippen LogP contribution is -2.09. The van der Waals surface area contributed by atoms with Crippen LogP contribution in [0.3, 0.4) is 0 Å². The quantitative estimate of drug-likeness (QED) is 0.171. The largest absolute Gasteiger partial charge is 0.456 e. The van der Waals surface area contributed by atoms with Crippen molar-refractivity contribution in [3.63, 3.8) is 0 Å². The highest BCUT2D eigenvalue weighted by molar-refractivity contribution is 7.25.